The SMILES string of the molecule is CCn1c(-c2cccc(NC(=O)OCc3ccccc3)c2)c(C#N)c2ccc(OC)cc21. The average Bonchev–Trinajstić information content (AvgIpc) is 3.16. The fourth-order valence-corrected chi connectivity index (χ4v) is 3.82. The molecule has 6 nitrogen and oxygen atoms in total. The third-order valence-electron chi connectivity index (χ3n) is 5.29. The molecule has 32 heavy (non-hydrogen) atoms. The molecule has 0 aliphatic rings. The van der Waals surface area contributed by atoms with Crippen molar-refractivity contribution < 1.29 is 14.3 Å². The van der Waals surface area contributed by atoms with E-state index in [1.807, 2.05) is 73.7 Å². The van der Waals surface area contributed by atoms with Gasteiger partial charge in [0, 0.05) is 29.2 Å². The molecule has 0 bridgehead atoms. The molecule has 160 valence electrons. The number of fused-ring (bicyclic) bond motifs is 1. The van der Waals surface area contributed by atoms with Crippen molar-refractivity contribution in [3.8, 4) is 23.1 Å². The van der Waals surface area contributed by atoms with Gasteiger partial charge < -0.3 is 14.0 Å². The summed E-state index contributed by atoms with van der Waals surface area (Å²) < 4.78 is 12.8. The third-order valence-corrected chi connectivity index (χ3v) is 5.29. The van der Waals surface area contributed by atoms with Crippen molar-refractivity contribution in [1.82, 2.24) is 4.57 Å². The first-order valence-corrected chi connectivity index (χ1v) is 10.3. The maximum atomic E-state index is 12.3. The summed E-state index contributed by atoms with van der Waals surface area (Å²) in [7, 11) is 1.62. The van der Waals surface area contributed by atoms with Crippen LogP contribution >= 0.6 is 0 Å². The normalized spacial score (nSPS) is 10.5. The number of hydrogen-bond acceptors (Lipinski definition) is 4. The highest BCUT2D eigenvalue weighted by molar-refractivity contribution is 5.96. The molecule has 1 aromatic heterocycles. The van der Waals surface area contributed by atoms with Gasteiger partial charge in [0.05, 0.1) is 23.9 Å². The second kappa shape index (κ2) is 9.27. The highest BCUT2D eigenvalue weighted by Gasteiger charge is 2.19. The van der Waals surface area contributed by atoms with Crippen LogP contribution in [-0.4, -0.2) is 17.8 Å². The molecule has 0 unspecified atom stereocenters. The van der Waals surface area contributed by atoms with Crippen molar-refractivity contribution in [3.63, 3.8) is 0 Å². The minimum absolute atomic E-state index is 0.191. The molecule has 0 saturated carbocycles. The third kappa shape index (κ3) is 4.14. The van der Waals surface area contributed by atoms with E-state index in [9.17, 15) is 10.1 Å². The van der Waals surface area contributed by atoms with E-state index in [2.05, 4.69) is 16.0 Å². The molecular formula is C26H23N3O3. The first kappa shape index (κ1) is 21.0. The van der Waals surface area contributed by atoms with Gasteiger partial charge in [-0.15, -0.1) is 0 Å². The molecule has 0 fully saturated rings. The van der Waals surface area contributed by atoms with Crippen LogP contribution in [0.2, 0.25) is 0 Å². The van der Waals surface area contributed by atoms with Crippen molar-refractivity contribution in [3.05, 3.63) is 83.9 Å². The zero-order valence-electron chi connectivity index (χ0n) is 18.0. The summed E-state index contributed by atoms with van der Waals surface area (Å²) in [5.74, 6) is 0.734. The van der Waals surface area contributed by atoms with E-state index < -0.39 is 6.09 Å². The maximum Gasteiger partial charge on any atom is 0.411 e. The first-order valence-electron chi connectivity index (χ1n) is 10.3. The van der Waals surface area contributed by atoms with Gasteiger partial charge >= 0.3 is 6.09 Å². The maximum absolute atomic E-state index is 12.3. The molecule has 3 aromatic carbocycles. The van der Waals surface area contributed by atoms with Crippen LogP contribution in [0.5, 0.6) is 5.75 Å². The number of anilines is 1. The summed E-state index contributed by atoms with van der Waals surface area (Å²) in [6.07, 6.45) is -0.535. The standard InChI is InChI=1S/C26H23N3O3/c1-3-29-24-15-21(31-2)12-13-22(24)23(16-27)25(29)19-10-7-11-20(14-19)28-26(30)32-17-18-8-5-4-6-9-18/h4-15H,3,17H2,1-2H3,(H,28,30). The Hall–Kier alpha value is -4.24. The lowest BCUT2D eigenvalue weighted by Crippen LogP contribution is -2.13. The van der Waals surface area contributed by atoms with E-state index in [1.165, 1.54) is 0 Å². The summed E-state index contributed by atoms with van der Waals surface area (Å²) in [6, 6.07) is 25.0. The molecule has 0 radical (unpaired) electrons. The molecule has 6 heteroatoms. The van der Waals surface area contributed by atoms with E-state index in [-0.39, 0.29) is 6.61 Å². The van der Waals surface area contributed by atoms with Crippen LogP contribution in [0, 0.1) is 11.3 Å². The largest absolute Gasteiger partial charge is 0.497 e. The highest BCUT2D eigenvalue weighted by Crippen LogP contribution is 2.36. The van der Waals surface area contributed by atoms with E-state index in [0.29, 0.717) is 17.8 Å². The van der Waals surface area contributed by atoms with Crippen LogP contribution in [0.3, 0.4) is 0 Å². The van der Waals surface area contributed by atoms with Gasteiger partial charge in [0.25, 0.3) is 0 Å². The van der Waals surface area contributed by atoms with E-state index >= 15 is 0 Å². The molecule has 0 aliphatic carbocycles. The number of carbonyl (C=O) groups is 1. The topological polar surface area (TPSA) is 76.3 Å². The number of nitriles is 1. The minimum Gasteiger partial charge on any atom is -0.497 e. The molecule has 0 spiro atoms. The Kier molecular flexibility index (Phi) is 6.09. The van der Waals surface area contributed by atoms with Gasteiger partial charge in [-0.1, -0.05) is 42.5 Å². The fourth-order valence-electron chi connectivity index (χ4n) is 3.82. The van der Waals surface area contributed by atoms with Crippen LogP contribution in [0.4, 0.5) is 10.5 Å². The molecule has 4 rings (SSSR count). The van der Waals surface area contributed by atoms with Gasteiger partial charge in [-0.05, 0) is 36.8 Å². The molecule has 0 aliphatic heterocycles. The molecular weight excluding hydrogens is 402 g/mol. The lowest BCUT2D eigenvalue weighted by atomic mass is 10.1. The van der Waals surface area contributed by atoms with Crippen LogP contribution in [0.15, 0.2) is 72.8 Å². The Morgan fingerprint density at radius 3 is 2.59 bits per heavy atom. The van der Waals surface area contributed by atoms with Crippen molar-refractivity contribution in [2.24, 2.45) is 0 Å². The molecule has 0 atom stereocenters. The van der Waals surface area contributed by atoms with E-state index in [0.717, 1.165) is 33.5 Å². The predicted molar refractivity (Wildman–Crippen MR) is 125 cm³/mol. The average molecular weight is 425 g/mol. The van der Waals surface area contributed by atoms with Crippen LogP contribution < -0.4 is 10.1 Å². The fraction of sp³-hybridized carbons (Fsp3) is 0.154. The first-order chi connectivity index (χ1) is 15.6. The number of nitrogens with zero attached hydrogens (tertiary/aromatic N) is 2. The zero-order valence-corrected chi connectivity index (χ0v) is 18.0. The van der Waals surface area contributed by atoms with E-state index in [4.69, 9.17) is 9.47 Å². The van der Waals surface area contributed by atoms with Crippen molar-refractivity contribution >= 4 is 22.7 Å². The summed E-state index contributed by atoms with van der Waals surface area (Å²) in [6.45, 7) is 2.90. The molecule has 4 aromatic rings. The lowest BCUT2D eigenvalue weighted by Gasteiger charge is -2.11. The summed E-state index contributed by atoms with van der Waals surface area (Å²) in [5.41, 5.74) is 4.67. The number of hydrogen-bond donors (Lipinski definition) is 1. The number of ether oxygens (including phenoxy) is 2. The molecule has 0 saturated heterocycles. The number of benzene rings is 3. The molecule has 1 amide bonds. The highest BCUT2D eigenvalue weighted by atomic mass is 16.5. The van der Waals surface area contributed by atoms with Gasteiger partial charge in [-0.2, -0.15) is 5.26 Å². The van der Waals surface area contributed by atoms with Crippen LogP contribution in [-0.2, 0) is 17.9 Å². The number of amides is 1. The quantitative estimate of drug-likeness (QED) is 0.414. The van der Waals surface area contributed by atoms with E-state index in [1.54, 1.807) is 13.2 Å². The molecule has 1 heterocycles. The van der Waals surface area contributed by atoms with Crippen molar-refractivity contribution in [1.29, 1.82) is 5.26 Å². The van der Waals surface area contributed by atoms with Crippen LogP contribution in [0.1, 0.15) is 18.1 Å². The summed E-state index contributed by atoms with van der Waals surface area (Å²) in [5, 5.41) is 13.6. The Morgan fingerprint density at radius 1 is 1.06 bits per heavy atom. The number of aromatic nitrogens is 1. The monoisotopic (exact) mass is 425 g/mol. The number of methoxy groups -OCH3 is 1. The van der Waals surface area contributed by atoms with Crippen molar-refractivity contribution in [2.45, 2.75) is 20.1 Å². The van der Waals surface area contributed by atoms with Crippen LogP contribution in [0.25, 0.3) is 22.2 Å². The van der Waals surface area contributed by atoms with Gasteiger partial charge in [0.1, 0.15) is 18.4 Å². The van der Waals surface area contributed by atoms with Gasteiger partial charge in [0.15, 0.2) is 0 Å². The van der Waals surface area contributed by atoms with Gasteiger partial charge in [-0.25, -0.2) is 4.79 Å². The zero-order chi connectivity index (χ0) is 22.5. The Bertz CT molecular complexity index is 1300. The number of carbonyl (C=O) groups excluding carboxylic acids is 1. The minimum atomic E-state index is -0.535. The lowest BCUT2D eigenvalue weighted by molar-refractivity contribution is 0.155. The number of rotatable bonds is 6. The molecule has 1 N–H and O–H groups in total. The second-order valence-electron chi connectivity index (χ2n) is 7.23. The van der Waals surface area contributed by atoms with Crippen molar-refractivity contribution in [2.75, 3.05) is 12.4 Å². The number of aryl methyl sites for hydroxylation is 1. The Morgan fingerprint density at radius 2 is 1.88 bits per heavy atom. The summed E-state index contributed by atoms with van der Waals surface area (Å²) >= 11 is 0. The second-order valence-corrected chi connectivity index (χ2v) is 7.23. The Balaban J connectivity index is 1.64. The predicted octanol–water partition coefficient (Wildman–Crippen LogP) is 5.96. The van der Waals surface area contributed by atoms with Gasteiger partial charge in [0.2, 0.25) is 0 Å². The number of nitrogens with one attached hydrogen (secondary N) is 1. The summed E-state index contributed by atoms with van der Waals surface area (Å²) in [4.78, 5) is 12.3. The Labute approximate surface area is 186 Å². The van der Waals surface area contributed by atoms with Gasteiger partial charge in [-0.3, -0.25) is 5.32 Å². The smallest absolute Gasteiger partial charge is 0.411 e.